The van der Waals surface area contributed by atoms with Crippen LogP contribution >= 0.6 is 22.9 Å². The predicted octanol–water partition coefficient (Wildman–Crippen LogP) is 4.90. The first-order chi connectivity index (χ1) is 28.7. The summed E-state index contributed by atoms with van der Waals surface area (Å²) >= 11 is 8.18. The van der Waals surface area contributed by atoms with Gasteiger partial charge in [0.2, 0.25) is 6.29 Å². The van der Waals surface area contributed by atoms with Crippen molar-refractivity contribution in [1.82, 2.24) is 29.4 Å². The number of carbonyl (C=O) groups is 2. The Labute approximate surface area is 352 Å². The van der Waals surface area contributed by atoms with Crippen LogP contribution in [0.25, 0.3) is 20.9 Å². The number of ether oxygens (including phenoxy) is 4. The number of morpholine rings is 1. The van der Waals surface area contributed by atoms with Crippen molar-refractivity contribution in [2.75, 3.05) is 31.6 Å². The molecule has 2 aliphatic heterocycles. The van der Waals surface area contributed by atoms with Crippen LogP contribution in [0.3, 0.4) is 0 Å². The number of thiazole rings is 1. The first kappa shape index (κ1) is 41.4. The number of aliphatic hydroxyl groups is 3. The Balaban J connectivity index is 0.951. The number of aliphatic carboxylic acids is 1. The summed E-state index contributed by atoms with van der Waals surface area (Å²) in [5.74, 6) is 0.0152. The van der Waals surface area contributed by atoms with Gasteiger partial charge in [-0.05, 0) is 36.4 Å². The van der Waals surface area contributed by atoms with Crippen LogP contribution in [0.2, 0.25) is 5.02 Å². The molecule has 0 unspecified atom stereocenters. The van der Waals surface area contributed by atoms with Gasteiger partial charge in [0.25, 0.3) is 0 Å². The first-order valence-electron chi connectivity index (χ1n) is 19.2. The third-order valence-corrected chi connectivity index (χ3v) is 11.6. The van der Waals surface area contributed by atoms with Crippen LogP contribution in [0, 0.1) is 0 Å². The standard InChI is InChI=1S/C41H44ClN7O10S/c1-41(2,3)31-18-32(49(46-31)23-8-11-29(26(42)16-23)58-38-35(52)33(50)34(51)36(59-38)37(53)54)45-39(55)43-19-22-6-4-5-7-28(22)57-25-9-10-27-30(17-25)60-40-44-20-24(48(27)40)21-47-12-14-56-15-13-47/h4-11,16-18,20,33-36,38,50-52H,12-15,19,21H2,1-3H3,(H,53,54)(H2,43,45,55)/t33-,34-,35+,36-,38+/m0/s1. The lowest BCUT2D eigenvalue weighted by Gasteiger charge is -2.38. The number of carboxylic acids is 1. The lowest BCUT2D eigenvalue weighted by atomic mass is 9.92. The molecule has 2 aliphatic rings. The van der Waals surface area contributed by atoms with Crippen molar-refractivity contribution in [3.8, 4) is 22.9 Å². The van der Waals surface area contributed by atoms with Crippen LogP contribution in [0.4, 0.5) is 10.6 Å². The molecule has 0 radical (unpaired) electrons. The molecule has 2 saturated heterocycles. The van der Waals surface area contributed by atoms with Crippen molar-refractivity contribution >= 4 is 55.9 Å². The lowest BCUT2D eigenvalue weighted by molar-refractivity contribution is -0.271. The van der Waals surface area contributed by atoms with Crippen LogP contribution in [-0.4, -0.2) is 114 Å². The van der Waals surface area contributed by atoms with E-state index in [1.165, 1.54) is 16.8 Å². The van der Waals surface area contributed by atoms with E-state index in [0.29, 0.717) is 28.7 Å². The maximum absolute atomic E-state index is 13.5. The van der Waals surface area contributed by atoms with Gasteiger partial charge in [0.05, 0.1) is 51.7 Å². The third kappa shape index (κ3) is 8.63. The highest BCUT2D eigenvalue weighted by Gasteiger charge is 2.48. The van der Waals surface area contributed by atoms with Gasteiger partial charge in [-0.2, -0.15) is 5.10 Å². The van der Waals surface area contributed by atoms with E-state index >= 15 is 0 Å². The Hall–Kier alpha value is -5.31. The SMILES string of the molecule is CC(C)(C)c1cc(NC(=O)NCc2ccccc2Oc2ccc3c(c2)sc2ncc(CN4CCOCC4)n23)n(-c2ccc(O[C@@H]3O[C@H](C(=O)O)[C@@H](O)[C@H](O)[C@H]3O)c(Cl)c2)n1. The Bertz CT molecular complexity index is 2530. The number of fused-ring (bicyclic) bond motifs is 3. The molecule has 6 aromatic rings. The summed E-state index contributed by atoms with van der Waals surface area (Å²) in [7, 11) is 0. The first-order valence-corrected chi connectivity index (χ1v) is 20.4. The van der Waals surface area contributed by atoms with E-state index in [-0.39, 0.29) is 17.3 Å². The van der Waals surface area contributed by atoms with E-state index in [2.05, 4.69) is 24.9 Å². The summed E-state index contributed by atoms with van der Waals surface area (Å²) in [5.41, 5.74) is 3.64. The number of nitrogens with zero attached hydrogens (tertiary/aromatic N) is 5. The Morgan fingerprint density at radius 2 is 1.77 bits per heavy atom. The smallest absolute Gasteiger partial charge is 0.335 e. The van der Waals surface area contributed by atoms with Crippen molar-refractivity contribution in [2.45, 2.75) is 70.0 Å². The molecule has 8 rings (SSSR count). The highest BCUT2D eigenvalue weighted by molar-refractivity contribution is 7.23. The van der Waals surface area contributed by atoms with Gasteiger partial charge in [-0.15, -0.1) is 0 Å². The molecule has 5 heterocycles. The molecule has 60 heavy (non-hydrogen) atoms. The Kier molecular flexibility index (Phi) is 11.7. The van der Waals surface area contributed by atoms with Crippen molar-refractivity contribution in [3.05, 3.63) is 94.9 Å². The zero-order chi connectivity index (χ0) is 42.3. The van der Waals surface area contributed by atoms with Crippen LogP contribution in [0.5, 0.6) is 17.2 Å². The van der Waals surface area contributed by atoms with Crippen molar-refractivity contribution < 1.29 is 49.0 Å². The van der Waals surface area contributed by atoms with Crippen LogP contribution in [0.1, 0.15) is 37.7 Å². The van der Waals surface area contributed by atoms with Gasteiger partial charge >= 0.3 is 12.0 Å². The summed E-state index contributed by atoms with van der Waals surface area (Å²) in [6.45, 7) is 10.1. The topological polar surface area (TPSA) is 214 Å². The molecule has 2 fully saturated rings. The minimum atomic E-state index is -1.87. The highest BCUT2D eigenvalue weighted by Crippen LogP contribution is 2.35. The van der Waals surface area contributed by atoms with Gasteiger partial charge in [0.1, 0.15) is 41.4 Å². The van der Waals surface area contributed by atoms with E-state index in [0.717, 1.165) is 59.3 Å². The number of aliphatic hydroxyl groups excluding tert-OH is 3. The second-order valence-electron chi connectivity index (χ2n) is 15.5. The summed E-state index contributed by atoms with van der Waals surface area (Å²) in [6, 6.07) is 19.2. The number of hydrogen-bond acceptors (Lipinski definition) is 13. The molecule has 316 valence electrons. The number of para-hydroxylation sites is 1. The Morgan fingerprint density at radius 1 is 0.983 bits per heavy atom. The number of carbonyl (C=O) groups excluding carboxylic acids is 1. The fraction of sp³-hybridized carbons (Fsp3) is 0.366. The number of amides is 2. The summed E-state index contributed by atoms with van der Waals surface area (Å²) in [4.78, 5) is 33.0. The average Bonchev–Trinajstić information content (AvgIpc) is 3.93. The molecule has 6 N–H and O–H groups in total. The summed E-state index contributed by atoms with van der Waals surface area (Å²) in [6.07, 6.45) is -7.05. The quantitative estimate of drug-likeness (QED) is 0.102. The zero-order valence-corrected chi connectivity index (χ0v) is 34.4. The maximum atomic E-state index is 13.5. The van der Waals surface area contributed by atoms with E-state index < -0.39 is 48.1 Å². The molecule has 0 aliphatic carbocycles. The van der Waals surface area contributed by atoms with E-state index in [1.807, 2.05) is 69.4 Å². The zero-order valence-electron chi connectivity index (χ0n) is 32.8. The highest BCUT2D eigenvalue weighted by atomic mass is 35.5. The molecular weight excluding hydrogens is 818 g/mol. The number of hydrogen-bond donors (Lipinski definition) is 6. The number of benzene rings is 3. The molecule has 19 heteroatoms. The molecule has 3 aromatic carbocycles. The van der Waals surface area contributed by atoms with Gasteiger partial charge in [-0.3, -0.25) is 14.6 Å². The van der Waals surface area contributed by atoms with Crippen LogP contribution in [-0.2, 0) is 32.8 Å². The van der Waals surface area contributed by atoms with E-state index in [1.54, 1.807) is 23.5 Å². The number of carboxylic acid groups (broad SMARTS) is 1. The average molecular weight is 862 g/mol. The second-order valence-corrected chi connectivity index (χ2v) is 17.0. The van der Waals surface area contributed by atoms with Crippen molar-refractivity contribution in [3.63, 3.8) is 0 Å². The molecule has 0 saturated carbocycles. The van der Waals surface area contributed by atoms with Gasteiger partial charge in [0, 0.05) is 49.3 Å². The number of nitrogens with one attached hydrogen (secondary N) is 2. The molecule has 17 nitrogen and oxygen atoms in total. The predicted molar refractivity (Wildman–Crippen MR) is 221 cm³/mol. The number of urea groups is 1. The van der Waals surface area contributed by atoms with Gasteiger partial charge < -0.3 is 44.7 Å². The fourth-order valence-corrected chi connectivity index (χ4v) is 8.23. The van der Waals surface area contributed by atoms with Gasteiger partial charge in [-0.1, -0.05) is 61.9 Å². The Morgan fingerprint density at radius 3 is 2.52 bits per heavy atom. The van der Waals surface area contributed by atoms with Crippen molar-refractivity contribution in [2.24, 2.45) is 0 Å². The van der Waals surface area contributed by atoms with Gasteiger partial charge in [0.15, 0.2) is 11.1 Å². The van der Waals surface area contributed by atoms with Crippen LogP contribution in [0.15, 0.2) is 72.9 Å². The second kappa shape index (κ2) is 17.0. The number of anilines is 1. The summed E-state index contributed by atoms with van der Waals surface area (Å²) in [5, 5.41) is 50.6. The van der Waals surface area contributed by atoms with E-state index in [4.69, 9.17) is 35.6 Å². The van der Waals surface area contributed by atoms with Gasteiger partial charge in [-0.25, -0.2) is 19.3 Å². The van der Waals surface area contributed by atoms with Crippen molar-refractivity contribution in [1.29, 1.82) is 0 Å². The lowest BCUT2D eigenvalue weighted by Crippen LogP contribution is -2.61. The monoisotopic (exact) mass is 861 g/mol. The number of halogens is 1. The minimum Gasteiger partial charge on any atom is -0.479 e. The molecule has 5 atom stereocenters. The maximum Gasteiger partial charge on any atom is 0.335 e. The molecular formula is C41H44ClN7O10S. The molecule has 0 bridgehead atoms. The summed E-state index contributed by atoms with van der Waals surface area (Å²) < 4.78 is 27.5. The van der Waals surface area contributed by atoms with Crippen LogP contribution < -0.4 is 20.1 Å². The van der Waals surface area contributed by atoms with E-state index in [9.17, 15) is 30.0 Å². The third-order valence-electron chi connectivity index (χ3n) is 10.2. The largest absolute Gasteiger partial charge is 0.479 e. The molecule has 3 aromatic heterocycles. The normalized spacial score (nSPS) is 21.3. The number of imidazole rings is 1. The number of rotatable bonds is 11. The number of aromatic nitrogens is 4. The molecule has 2 amide bonds. The molecule has 0 spiro atoms. The fourth-order valence-electron chi connectivity index (χ4n) is 6.96. The minimum absolute atomic E-state index is 0.00677.